The van der Waals surface area contributed by atoms with Gasteiger partial charge in [-0.3, -0.25) is 0 Å². The molecule has 1 aromatic rings. The Morgan fingerprint density at radius 2 is 2.18 bits per heavy atom. The molecule has 0 aromatic heterocycles. The zero-order valence-corrected chi connectivity index (χ0v) is 12.0. The van der Waals surface area contributed by atoms with Crippen LogP contribution in [0.5, 0.6) is 5.75 Å². The van der Waals surface area contributed by atoms with Gasteiger partial charge >= 0.3 is 0 Å². The molecular formula is C14H20BrNO. The second-order valence-corrected chi connectivity index (χ2v) is 5.84. The van der Waals surface area contributed by atoms with Crippen molar-refractivity contribution in [2.45, 2.75) is 32.2 Å². The Kier molecular flexibility index (Phi) is 4.10. The summed E-state index contributed by atoms with van der Waals surface area (Å²) in [7, 11) is 1.68. The molecule has 94 valence electrons. The van der Waals surface area contributed by atoms with E-state index >= 15 is 0 Å². The molecule has 0 saturated heterocycles. The molecule has 3 unspecified atom stereocenters. The van der Waals surface area contributed by atoms with E-state index in [1.807, 2.05) is 12.1 Å². The Morgan fingerprint density at radius 1 is 1.41 bits per heavy atom. The first-order chi connectivity index (χ1) is 8.13. The van der Waals surface area contributed by atoms with Crippen molar-refractivity contribution >= 4 is 15.9 Å². The molecule has 1 saturated carbocycles. The van der Waals surface area contributed by atoms with Crippen LogP contribution >= 0.6 is 15.9 Å². The molecule has 0 spiro atoms. The quantitative estimate of drug-likeness (QED) is 0.918. The monoisotopic (exact) mass is 297 g/mol. The van der Waals surface area contributed by atoms with Gasteiger partial charge in [-0.15, -0.1) is 0 Å². The Balaban J connectivity index is 2.21. The first kappa shape index (κ1) is 12.9. The molecule has 0 heterocycles. The van der Waals surface area contributed by atoms with Crippen molar-refractivity contribution in [2.75, 3.05) is 7.11 Å². The Morgan fingerprint density at radius 3 is 2.71 bits per heavy atom. The highest BCUT2D eigenvalue weighted by molar-refractivity contribution is 9.10. The molecule has 0 bridgehead atoms. The van der Waals surface area contributed by atoms with Crippen molar-refractivity contribution in [3.63, 3.8) is 0 Å². The van der Waals surface area contributed by atoms with Crippen LogP contribution in [0.15, 0.2) is 22.7 Å². The van der Waals surface area contributed by atoms with E-state index in [-0.39, 0.29) is 6.04 Å². The SMILES string of the molecule is COc1ccc(C(N)C2CCCC2C)c(Br)c1. The maximum Gasteiger partial charge on any atom is 0.120 e. The van der Waals surface area contributed by atoms with Gasteiger partial charge in [0.15, 0.2) is 0 Å². The molecular weight excluding hydrogens is 278 g/mol. The van der Waals surface area contributed by atoms with E-state index in [1.165, 1.54) is 24.8 Å². The standard InChI is InChI=1S/C14H20BrNO/c1-9-4-3-5-11(9)14(16)12-7-6-10(17-2)8-13(12)15/h6-9,11,14H,3-5,16H2,1-2H3. The third-order valence-corrected chi connectivity index (χ3v) is 4.64. The Bertz CT molecular complexity index is 394. The number of rotatable bonds is 3. The number of hydrogen-bond acceptors (Lipinski definition) is 2. The molecule has 3 atom stereocenters. The molecule has 1 aromatic carbocycles. The van der Waals surface area contributed by atoms with Gasteiger partial charge in [0, 0.05) is 10.5 Å². The first-order valence-electron chi connectivity index (χ1n) is 6.22. The predicted molar refractivity (Wildman–Crippen MR) is 74.1 cm³/mol. The van der Waals surface area contributed by atoms with Gasteiger partial charge in [0.2, 0.25) is 0 Å². The average molecular weight is 298 g/mol. The van der Waals surface area contributed by atoms with E-state index in [1.54, 1.807) is 7.11 Å². The number of halogens is 1. The van der Waals surface area contributed by atoms with Crippen molar-refractivity contribution in [2.24, 2.45) is 17.6 Å². The van der Waals surface area contributed by atoms with E-state index in [0.717, 1.165) is 16.1 Å². The third-order valence-electron chi connectivity index (χ3n) is 3.96. The van der Waals surface area contributed by atoms with E-state index in [4.69, 9.17) is 10.5 Å². The molecule has 0 amide bonds. The van der Waals surface area contributed by atoms with E-state index in [0.29, 0.717) is 5.92 Å². The van der Waals surface area contributed by atoms with Crippen LogP contribution in [0.1, 0.15) is 37.8 Å². The smallest absolute Gasteiger partial charge is 0.120 e. The van der Waals surface area contributed by atoms with Gasteiger partial charge in [0.1, 0.15) is 5.75 Å². The van der Waals surface area contributed by atoms with Gasteiger partial charge in [-0.05, 0) is 36.0 Å². The summed E-state index contributed by atoms with van der Waals surface area (Å²) in [5.41, 5.74) is 7.61. The number of hydrogen-bond donors (Lipinski definition) is 1. The lowest BCUT2D eigenvalue weighted by Gasteiger charge is -2.24. The van der Waals surface area contributed by atoms with E-state index in [9.17, 15) is 0 Å². The van der Waals surface area contributed by atoms with Crippen LogP contribution in [0.2, 0.25) is 0 Å². The fraction of sp³-hybridized carbons (Fsp3) is 0.571. The van der Waals surface area contributed by atoms with E-state index in [2.05, 4.69) is 28.9 Å². The summed E-state index contributed by atoms with van der Waals surface area (Å²) in [6, 6.07) is 6.19. The number of nitrogens with two attached hydrogens (primary N) is 1. The molecule has 0 aliphatic heterocycles. The van der Waals surface area contributed by atoms with Crippen LogP contribution in [0.4, 0.5) is 0 Å². The molecule has 3 heteroatoms. The molecule has 0 radical (unpaired) electrons. The van der Waals surface area contributed by atoms with Crippen LogP contribution in [0.3, 0.4) is 0 Å². The lowest BCUT2D eigenvalue weighted by atomic mass is 9.86. The topological polar surface area (TPSA) is 35.2 Å². The Labute approximate surface area is 112 Å². The summed E-state index contributed by atoms with van der Waals surface area (Å²) in [5, 5.41) is 0. The van der Waals surface area contributed by atoms with Crippen molar-refractivity contribution in [1.82, 2.24) is 0 Å². The van der Waals surface area contributed by atoms with Gasteiger partial charge in [-0.2, -0.15) is 0 Å². The molecule has 1 aliphatic rings. The van der Waals surface area contributed by atoms with Crippen LogP contribution in [0, 0.1) is 11.8 Å². The second kappa shape index (κ2) is 5.40. The largest absolute Gasteiger partial charge is 0.497 e. The van der Waals surface area contributed by atoms with Crippen LogP contribution in [0.25, 0.3) is 0 Å². The highest BCUT2D eigenvalue weighted by Gasteiger charge is 2.30. The minimum Gasteiger partial charge on any atom is -0.497 e. The van der Waals surface area contributed by atoms with Gasteiger partial charge in [-0.1, -0.05) is 41.8 Å². The summed E-state index contributed by atoms with van der Waals surface area (Å²) < 4.78 is 6.26. The Hall–Kier alpha value is -0.540. The van der Waals surface area contributed by atoms with Crippen molar-refractivity contribution in [3.05, 3.63) is 28.2 Å². The summed E-state index contributed by atoms with van der Waals surface area (Å²) in [5.74, 6) is 2.21. The summed E-state index contributed by atoms with van der Waals surface area (Å²) in [6.45, 7) is 2.31. The zero-order valence-electron chi connectivity index (χ0n) is 10.4. The highest BCUT2D eigenvalue weighted by atomic mass is 79.9. The van der Waals surface area contributed by atoms with Gasteiger partial charge in [-0.25, -0.2) is 0 Å². The zero-order chi connectivity index (χ0) is 12.4. The van der Waals surface area contributed by atoms with Crippen molar-refractivity contribution < 1.29 is 4.74 Å². The van der Waals surface area contributed by atoms with Crippen molar-refractivity contribution in [1.29, 1.82) is 0 Å². The summed E-state index contributed by atoms with van der Waals surface area (Å²) in [4.78, 5) is 0. The molecule has 2 nitrogen and oxygen atoms in total. The normalized spacial score (nSPS) is 25.9. The average Bonchev–Trinajstić information content (AvgIpc) is 2.74. The van der Waals surface area contributed by atoms with Gasteiger partial charge in [0.25, 0.3) is 0 Å². The van der Waals surface area contributed by atoms with E-state index < -0.39 is 0 Å². The van der Waals surface area contributed by atoms with Crippen LogP contribution in [-0.4, -0.2) is 7.11 Å². The first-order valence-corrected chi connectivity index (χ1v) is 7.01. The summed E-state index contributed by atoms with van der Waals surface area (Å²) in [6.07, 6.45) is 3.88. The summed E-state index contributed by atoms with van der Waals surface area (Å²) >= 11 is 3.60. The maximum atomic E-state index is 6.41. The fourth-order valence-electron chi connectivity index (χ4n) is 2.84. The minimum atomic E-state index is 0.132. The van der Waals surface area contributed by atoms with Crippen molar-refractivity contribution in [3.8, 4) is 5.75 Å². The second-order valence-electron chi connectivity index (χ2n) is 4.99. The molecule has 1 fully saturated rings. The lowest BCUT2D eigenvalue weighted by molar-refractivity contribution is 0.350. The molecule has 2 N–H and O–H groups in total. The number of benzene rings is 1. The number of ether oxygens (including phenoxy) is 1. The minimum absolute atomic E-state index is 0.132. The third kappa shape index (κ3) is 2.66. The predicted octanol–water partition coefficient (Wildman–Crippen LogP) is 3.89. The van der Waals surface area contributed by atoms with Gasteiger partial charge < -0.3 is 10.5 Å². The maximum absolute atomic E-state index is 6.41. The fourth-order valence-corrected chi connectivity index (χ4v) is 3.47. The molecule has 1 aliphatic carbocycles. The number of methoxy groups -OCH3 is 1. The highest BCUT2D eigenvalue weighted by Crippen LogP contribution is 2.41. The van der Waals surface area contributed by atoms with Gasteiger partial charge in [0.05, 0.1) is 7.11 Å². The molecule has 2 rings (SSSR count). The van der Waals surface area contributed by atoms with Crippen LogP contribution < -0.4 is 10.5 Å². The van der Waals surface area contributed by atoms with Crippen LogP contribution in [-0.2, 0) is 0 Å². The molecule has 17 heavy (non-hydrogen) atoms. The lowest BCUT2D eigenvalue weighted by Crippen LogP contribution is -2.23.